The van der Waals surface area contributed by atoms with E-state index in [1.54, 1.807) is 0 Å². The first kappa shape index (κ1) is 9.53. The van der Waals surface area contributed by atoms with Gasteiger partial charge >= 0.3 is 0 Å². The van der Waals surface area contributed by atoms with Crippen LogP contribution in [-0.4, -0.2) is 29.4 Å². The minimum atomic E-state index is 0.737. The van der Waals surface area contributed by atoms with Crippen LogP contribution in [0.15, 0.2) is 0 Å². The van der Waals surface area contributed by atoms with E-state index in [-0.39, 0.29) is 0 Å². The Morgan fingerprint density at radius 2 is 2.00 bits per heavy atom. The molecule has 0 aromatic rings. The van der Waals surface area contributed by atoms with E-state index >= 15 is 0 Å². The summed E-state index contributed by atoms with van der Waals surface area (Å²) in [7, 11) is 2.23. The Kier molecular flexibility index (Phi) is 3.86. The van der Waals surface area contributed by atoms with Crippen LogP contribution in [0, 0.1) is 0 Å². The summed E-state index contributed by atoms with van der Waals surface area (Å²) in [6.45, 7) is 3.40. The molecule has 2 atom stereocenters. The molecule has 0 N–H and O–H groups in total. The van der Waals surface area contributed by atoms with E-state index in [0.29, 0.717) is 0 Å². The Labute approximate surface area is 78.3 Å². The summed E-state index contributed by atoms with van der Waals surface area (Å²) in [5, 5.41) is 0. The van der Waals surface area contributed by atoms with Crippen LogP contribution >= 0.6 is 15.9 Å². The fraction of sp³-hybridized carbons (Fsp3) is 1.00. The van der Waals surface area contributed by atoms with Crippen LogP contribution in [0.2, 0.25) is 0 Å². The van der Waals surface area contributed by atoms with Crippen molar-refractivity contribution in [3.05, 3.63) is 0 Å². The highest BCUT2D eigenvalue weighted by molar-refractivity contribution is 9.09. The standard InChI is InChI=1S/C9H18BrN/c1-3-11(2)9-7-5-4-6-8(9)10/h8-9H,3-7H2,1-2H3. The number of halogens is 1. The summed E-state index contributed by atoms with van der Waals surface area (Å²) in [6.07, 6.45) is 5.55. The van der Waals surface area contributed by atoms with Crippen molar-refractivity contribution >= 4 is 15.9 Å². The third-order valence-corrected chi connectivity index (χ3v) is 3.78. The molecule has 1 aliphatic carbocycles. The van der Waals surface area contributed by atoms with Gasteiger partial charge in [0.05, 0.1) is 0 Å². The van der Waals surface area contributed by atoms with E-state index in [0.717, 1.165) is 10.9 Å². The van der Waals surface area contributed by atoms with Gasteiger partial charge in [-0.1, -0.05) is 35.7 Å². The quantitative estimate of drug-likeness (QED) is 0.646. The average Bonchev–Trinajstić information content (AvgIpc) is 2.04. The molecule has 1 saturated carbocycles. The predicted octanol–water partition coefficient (Wildman–Crippen LogP) is 2.64. The molecule has 66 valence electrons. The topological polar surface area (TPSA) is 3.24 Å². The van der Waals surface area contributed by atoms with Crippen molar-refractivity contribution in [2.45, 2.75) is 43.5 Å². The molecule has 1 rings (SSSR count). The van der Waals surface area contributed by atoms with E-state index in [1.807, 2.05) is 0 Å². The molecular formula is C9H18BrN. The van der Waals surface area contributed by atoms with Crippen molar-refractivity contribution < 1.29 is 0 Å². The third-order valence-electron chi connectivity index (χ3n) is 2.71. The van der Waals surface area contributed by atoms with Crippen molar-refractivity contribution in [1.29, 1.82) is 0 Å². The largest absolute Gasteiger partial charge is 0.303 e. The fourth-order valence-corrected chi connectivity index (χ4v) is 2.79. The molecule has 0 radical (unpaired) electrons. The normalized spacial score (nSPS) is 32.7. The van der Waals surface area contributed by atoms with E-state index in [1.165, 1.54) is 32.2 Å². The predicted molar refractivity (Wildman–Crippen MR) is 53.3 cm³/mol. The van der Waals surface area contributed by atoms with Gasteiger partial charge in [-0.2, -0.15) is 0 Å². The molecule has 0 heterocycles. The average molecular weight is 220 g/mol. The fourth-order valence-electron chi connectivity index (χ4n) is 1.80. The first-order valence-electron chi connectivity index (χ1n) is 4.60. The number of hydrogen-bond donors (Lipinski definition) is 0. The van der Waals surface area contributed by atoms with Gasteiger partial charge in [-0.15, -0.1) is 0 Å². The van der Waals surface area contributed by atoms with Gasteiger partial charge in [-0.05, 0) is 26.4 Å². The van der Waals surface area contributed by atoms with Gasteiger partial charge in [0.15, 0.2) is 0 Å². The van der Waals surface area contributed by atoms with Gasteiger partial charge in [0.25, 0.3) is 0 Å². The van der Waals surface area contributed by atoms with Gasteiger partial charge in [-0.25, -0.2) is 0 Å². The molecule has 1 fully saturated rings. The van der Waals surface area contributed by atoms with E-state index < -0.39 is 0 Å². The lowest BCUT2D eigenvalue weighted by Crippen LogP contribution is -2.40. The highest BCUT2D eigenvalue weighted by atomic mass is 79.9. The van der Waals surface area contributed by atoms with Crippen molar-refractivity contribution in [3.63, 3.8) is 0 Å². The van der Waals surface area contributed by atoms with Gasteiger partial charge in [0, 0.05) is 10.9 Å². The summed E-state index contributed by atoms with van der Waals surface area (Å²) in [6, 6.07) is 0.786. The summed E-state index contributed by atoms with van der Waals surface area (Å²) >= 11 is 3.75. The minimum absolute atomic E-state index is 0.737. The summed E-state index contributed by atoms with van der Waals surface area (Å²) in [5.41, 5.74) is 0. The highest BCUT2D eigenvalue weighted by Gasteiger charge is 2.24. The molecule has 1 aliphatic rings. The first-order chi connectivity index (χ1) is 5.25. The van der Waals surface area contributed by atoms with E-state index in [4.69, 9.17) is 0 Å². The van der Waals surface area contributed by atoms with Crippen molar-refractivity contribution in [3.8, 4) is 0 Å². The van der Waals surface area contributed by atoms with Gasteiger partial charge in [0.2, 0.25) is 0 Å². The number of hydrogen-bond acceptors (Lipinski definition) is 1. The lowest BCUT2D eigenvalue weighted by molar-refractivity contribution is 0.209. The maximum atomic E-state index is 3.75. The number of rotatable bonds is 2. The van der Waals surface area contributed by atoms with Crippen molar-refractivity contribution in [2.75, 3.05) is 13.6 Å². The second-order valence-electron chi connectivity index (χ2n) is 3.44. The Morgan fingerprint density at radius 1 is 1.36 bits per heavy atom. The van der Waals surface area contributed by atoms with Crippen LogP contribution in [0.4, 0.5) is 0 Å². The zero-order valence-corrected chi connectivity index (χ0v) is 9.10. The molecule has 0 saturated heterocycles. The molecule has 0 spiro atoms. The Morgan fingerprint density at radius 3 is 2.55 bits per heavy atom. The smallest absolute Gasteiger partial charge is 0.0301 e. The van der Waals surface area contributed by atoms with Crippen LogP contribution in [0.5, 0.6) is 0 Å². The van der Waals surface area contributed by atoms with Crippen LogP contribution in [-0.2, 0) is 0 Å². The molecule has 0 aromatic heterocycles. The summed E-state index contributed by atoms with van der Waals surface area (Å²) < 4.78 is 0. The number of nitrogens with zero attached hydrogens (tertiary/aromatic N) is 1. The maximum Gasteiger partial charge on any atom is 0.0301 e. The Hall–Kier alpha value is 0.440. The molecular weight excluding hydrogens is 202 g/mol. The zero-order chi connectivity index (χ0) is 8.27. The molecule has 1 nitrogen and oxygen atoms in total. The molecule has 0 amide bonds. The first-order valence-corrected chi connectivity index (χ1v) is 5.51. The van der Waals surface area contributed by atoms with Crippen LogP contribution in [0.3, 0.4) is 0 Å². The molecule has 2 unspecified atom stereocenters. The third kappa shape index (κ3) is 2.45. The second kappa shape index (κ2) is 4.46. The lowest BCUT2D eigenvalue weighted by Gasteiger charge is -2.34. The summed E-state index contributed by atoms with van der Waals surface area (Å²) in [5.74, 6) is 0. The molecule has 11 heavy (non-hydrogen) atoms. The van der Waals surface area contributed by atoms with Gasteiger partial charge < -0.3 is 4.90 Å². The maximum absolute atomic E-state index is 3.75. The molecule has 2 heteroatoms. The lowest BCUT2D eigenvalue weighted by atomic mass is 9.94. The van der Waals surface area contributed by atoms with Crippen molar-refractivity contribution in [2.24, 2.45) is 0 Å². The molecule has 0 aromatic carbocycles. The van der Waals surface area contributed by atoms with Crippen molar-refractivity contribution in [1.82, 2.24) is 4.90 Å². The zero-order valence-electron chi connectivity index (χ0n) is 7.52. The number of alkyl halides is 1. The second-order valence-corrected chi connectivity index (χ2v) is 4.62. The Balaban J connectivity index is 2.40. The van der Waals surface area contributed by atoms with Gasteiger partial charge in [0.1, 0.15) is 0 Å². The van der Waals surface area contributed by atoms with Crippen LogP contribution < -0.4 is 0 Å². The van der Waals surface area contributed by atoms with Crippen LogP contribution in [0.1, 0.15) is 32.6 Å². The molecule has 0 aliphatic heterocycles. The van der Waals surface area contributed by atoms with E-state index in [2.05, 4.69) is 34.8 Å². The minimum Gasteiger partial charge on any atom is -0.303 e. The van der Waals surface area contributed by atoms with E-state index in [9.17, 15) is 0 Å². The van der Waals surface area contributed by atoms with Crippen LogP contribution in [0.25, 0.3) is 0 Å². The monoisotopic (exact) mass is 219 g/mol. The van der Waals surface area contributed by atoms with Gasteiger partial charge in [-0.3, -0.25) is 0 Å². The molecule has 0 bridgehead atoms. The Bertz CT molecular complexity index is 112. The SMILES string of the molecule is CCN(C)C1CCCCC1Br. The summed E-state index contributed by atoms with van der Waals surface area (Å²) in [4.78, 5) is 3.19. The highest BCUT2D eigenvalue weighted by Crippen LogP contribution is 2.27.